The van der Waals surface area contributed by atoms with Crippen LogP contribution in [0.1, 0.15) is 30.9 Å². The number of rotatable bonds is 9. The minimum Gasteiger partial charge on any atom is -0.497 e. The average molecular weight is 412 g/mol. The molecule has 2 aromatic carbocycles. The Bertz CT molecular complexity index is 898. The van der Waals surface area contributed by atoms with Crippen LogP contribution in [0.15, 0.2) is 58.7 Å². The van der Waals surface area contributed by atoms with E-state index >= 15 is 0 Å². The molecule has 6 nitrogen and oxygen atoms in total. The van der Waals surface area contributed by atoms with E-state index in [1.54, 1.807) is 13.3 Å². The molecule has 0 saturated carbocycles. The summed E-state index contributed by atoms with van der Waals surface area (Å²) in [6, 6.07) is 15.4. The van der Waals surface area contributed by atoms with Crippen LogP contribution in [-0.4, -0.2) is 36.3 Å². The van der Waals surface area contributed by atoms with E-state index in [4.69, 9.17) is 9.47 Å². The van der Waals surface area contributed by atoms with E-state index in [1.807, 2.05) is 48.5 Å². The normalized spacial score (nSPS) is 17.7. The van der Waals surface area contributed by atoms with Crippen LogP contribution < -0.4 is 14.8 Å². The maximum Gasteiger partial charge on any atom is 0.239 e. The van der Waals surface area contributed by atoms with Crippen LogP contribution in [0, 0.1) is 0 Å². The van der Waals surface area contributed by atoms with Gasteiger partial charge < -0.3 is 14.8 Å². The third kappa shape index (κ3) is 6.09. The molecule has 1 fully saturated rings. The summed E-state index contributed by atoms with van der Waals surface area (Å²) in [4.78, 5) is 12.3. The summed E-state index contributed by atoms with van der Waals surface area (Å²) in [7, 11) is 1.63. The summed E-state index contributed by atoms with van der Waals surface area (Å²) in [5, 5.41) is 11.4. The van der Waals surface area contributed by atoms with Crippen LogP contribution in [0.4, 0.5) is 0 Å². The Morgan fingerprint density at radius 1 is 1.21 bits per heavy atom. The molecule has 1 aliphatic rings. The van der Waals surface area contributed by atoms with Crippen molar-refractivity contribution in [3.63, 3.8) is 0 Å². The van der Waals surface area contributed by atoms with Crippen LogP contribution in [-0.2, 0) is 11.2 Å². The van der Waals surface area contributed by atoms with Crippen LogP contribution in [0.25, 0.3) is 0 Å². The van der Waals surface area contributed by atoms with Crippen molar-refractivity contribution in [3.8, 4) is 11.5 Å². The zero-order chi connectivity index (χ0) is 20.5. The zero-order valence-corrected chi connectivity index (χ0v) is 17.4. The van der Waals surface area contributed by atoms with E-state index in [1.165, 1.54) is 11.8 Å². The molecule has 1 heterocycles. The first kappa shape index (κ1) is 20.9. The second-order valence-electron chi connectivity index (χ2n) is 6.54. The summed E-state index contributed by atoms with van der Waals surface area (Å²) in [5.41, 5.74) is 1.90. The number of ether oxygens (including phenoxy) is 2. The highest BCUT2D eigenvalue weighted by Gasteiger charge is 2.30. The topological polar surface area (TPSA) is 72.3 Å². The van der Waals surface area contributed by atoms with Gasteiger partial charge in [0.25, 0.3) is 0 Å². The molecule has 1 atom stereocenters. The number of nitrogens with one attached hydrogen (secondary N) is 1. The first-order valence-corrected chi connectivity index (χ1v) is 10.5. The predicted molar refractivity (Wildman–Crippen MR) is 118 cm³/mol. The quantitative estimate of drug-likeness (QED) is 0.384. The molecule has 1 unspecified atom stereocenters. The number of unbranched alkanes of at least 4 members (excludes halogenated alkanes) is 1. The van der Waals surface area contributed by atoms with E-state index in [2.05, 4.69) is 22.4 Å². The number of carbonyl (C=O) groups is 1. The number of nitrogens with zero attached hydrogens (tertiary/aromatic N) is 2. The van der Waals surface area contributed by atoms with E-state index in [0.29, 0.717) is 18.2 Å². The Kier molecular flexibility index (Phi) is 7.69. The monoisotopic (exact) mass is 411 g/mol. The summed E-state index contributed by atoms with van der Waals surface area (Å²) in [6.45, 7) is 2.80. The third-order valence-electron chi connectivity index (χ3n) is 4.35. The molecule has 1 amide bonds. The smallest absolute Gasteiger partial charge is 0.239 e. The Labute approximate surface area is 175 Å². The van der Waals surface area contributed by atoms with Gasteiger partial charge in [-0.05, 0) is 42.7 Å². The number of para-hydroxylation sites is 1. The van der Waals surface area contributed by atoms with Crippen molar-refractivity contribution in [2.45, 2.75) is 31.4 Å². The van der Waals surface area contributed by atoms with Crippen molar-refractivity contribution in [1.82, 2.24) is 5.32 Å². The van der Waals surface area contributed by atoms with Gasteiger partial charge in [-0.25, -0.2) is 0 Å². The van der Waals surface area contributed by atoms with Crippen LogP contribution >= 0.6 is 11.8 Å². The molecule has 0 aliphatic carbocycles. The summed E-state index contributed by atoms with van der Waals surface area (Å²) < 4.78 is 11.0. The lowest BCUT2D eigenvalue weighted by atomic mass is 10.1. The molecular formula is C22H25N3O3S. The van der Waals surface area contributed by atoms with Crippen LogP contribution in [0.3, 0.4) is 0 Å². The van der Waals surface area contributed by atoms with E-state index in [-0.39, 0.29) is 11.2 Å². The molecule has 0 bridgehead atoms. The molecule has 3 rings (SSSR count). The molecule has 0 radical (unpaired) electrons. The number of thioether (sulfide) groups is 1. The molecule has 0 aromatic heterocycles. The van der Waals surface area contributed by atoms with Crippen molar-refractivity contribution in [2.24, 2.45) is 10.2 Å². The molecule has 29 heavy (non-hydrogen) atoms. The second kappa shape index (κ2) is 10.7. The van der Waals surface area contributed by atoms with Crippen LogP contribution in [0.2, 0.25) is 0 Å². The lowest BCUT2D eigenvalue weighted by Crippen LogP contribution is -2.25. The molecule has 0 spiro atoms. The minimum atomic E-state index is -0.235. The van der Waals surface area contributed by atoms with Gasteiger partial charge in [0.2, 0.25) is 5.91 Å². The van der Waals surface area contributed by atoms with Gasteiger partial charge in [-0.1, -0.05) is 49.4 Å². The Morgan fingerprint density at radius 2 is 2.07 bits per heavy atom. The molecule has 1 saturated heterocycles. The maximum atomic E-state index is 12.3. The van der Waals surface area contributed by atoms with E-state index in [9.17, 15) is 4.79 Å². The lowest BCUT2D eigenvalue weighted by molar-refractivity contribution is -0.118. The van der Waals surface area contributed by atoms with E-state index < -0.39 is 0 Å². The fraction of sp³-hybridized carbons (Fsp3) is 0.318. The number of methoxy groups -OCH3 is 1. The van der Waals surface area contributed by atoms with Crippen molar-refractivity contribution in [2.75, 3.05) is 13.7 Å². The number of amides is 1. The van der Waals surface area contributed by atoms with Gasteiger partial charge >= 0.3 is 0 Å². The van der Waals surface area contributed by atoms with Gasteiger partial charge in [-0.2, -0.15) is 5.10 Å². The molecule has 1 aliphatic heterocycles. The highest BCUT2D eigenvalue weighted by atomic mass is 32.2. The number of hydrogen-bond donors (Lipinski definition) is 1. The van der Waals surface area contributed by atoms with Gasteiger partial charge in [-0.3, -0.25) is 4.79 Å². The summed E-state index contributed by atoms with van der Waals surface area (Å²) in [6.07, 6.45) is 4.34. The lowest BCUT2D eigenvalue weighted by Gasteiger charge is -2.07. The molecule has 2 aromatic rings. The fourth-order valence-electron chi connectivity index (χ4n) is 2.79. The summed E-state index contributed by atoms with van der Waals surface area (Å²) >= 11 is 1.39. The van der Waals surface area contributed by atoms with Crippen molar-refractivity contribution in [3.05, 3.63) is 59.7 Å². The number of hydrogen-bond acceptors (Lipinski definition) is 6. The predicted octanol–water partition coefficient (Wildman–Crippen LogP) is 4.04. The Morgan fingerprint density at radius 3 is 2.90 bits per heavy atom. The Hall–Kier alpha value is -2.80. The first-order chi connectivity index (χ1) is 14.2. The zero-order valence-electron chi connectivity index (χ0n) is 16.6. The molecule has 1 N–H and O–H groups in total. The van der Waals surface area contributed by atoms with E-state index in [0.717, 1.165) is 35.5 Å². The maximum absolute atomic E-state index is 12.3. The van der Waals surface area contributed by atoms with Gasteiger partial charge in [0, 0.05) is 5.56 Å². The molecule has 7 heteroatoms. The highest BCUT2D eigenvalue weighted by Crippen LogP contribution is 2.25. The van der Waals surface area contributed by atoms with Crippen molar-refractivity contribution >= 4 is 29.1 Å². The third-order valence-corrected chi connectivity index (χ3v) is 5.42. The SMILES string of the molecule is CCCCOc1ccccc1C=N/N=C1/NC(=O)C(Cc2cccc(OC)c2)S1. The number of benzene rings is 2. The van der Waals surface area contributed by atoms with Gasteiger partial charge in [0.1, 0.15) is 11.5 Å². The Balaban J connectivity index is 1.61. The second-order valence-corrected chi connectivity index (χ2v) is 7.73. The fourth-order valence-corrected chi connectivity index (χ4v) is 3.75. The largest absolute Gasteiger partial charge is 0.497 e. The first-order valence-electron chi connectivity index (χ1n) is 9.63. The summed E-state index contributed by atoms with van der Waals surface area (Å²) in [5.74, 6) is 1.50. The van der Waals surface area contributed by atoms with Gasteiger partial charge in [0.15, 0.2) is 5.17 Å². The average Bonchev–Trinajstić information content (AvgIpc) is 3.08. The highest BCUT2D eigenvalue weighted by molar-refractivity contribution is 8.15. The van der Waals surface area contributed by atoms with Gasteiger partial charge in [0.05, 0.1) is 25.2 Å². The minimum absolute atomic E-state index is 0.0601. The van der Waals surface area contributed by atoms with Crippen molar-refractivity contribution in [1.29, 1.82) is 0 Å². The standard InChI is InChI=1S/C22H25N3O3S/c1-3-4-12-28-19-11-6-5-9-17(19)15-23-25-22-24-21(26)20(29-22)14-16-8-7-10-18(13-16)27-2/h5-11,13,15,20H,3-4,12,14H2,1-2H3,(H,24,25,26). The molecule has 152 valence electrons. The van der Waals surface area contributed by atoms with Crippen molar-refractivity contribution < 1.29 is 14.3 Å². The number of carbonyl (C=O) groups excluding carboxylic acids is 1. The number of amidine groups is 1. The van der Waals surface area contributed by atoms with Gasteiger partial charge in [-0.15, -0.1) is 5.10 Å². The van der Waals surface area contributed by atoms with Crippen LogP contribution in [0.5, 0.6) is 11.5 Å². The molecular weight excluding hydrogens is 386 g/mol.